The van der Waals surface area contributed by atoms with E-state index in [1.54, 1.807) is 13.8 Å². The molecule has 0 aromatic heterocycles. The standard InChI is InChI=1S/C25H40O4/c1-6-7-8-9-10-11-12-13-23-14-16-24(17-15-23)28-18-21(4)27-19-22(5)29-25(26)20(2)3/h14-17,21-22H,2,6-13,18-19H2,1,3-5H3. The molecule has 2 atom stereocenters. The monoisotopic (exact) mass is 404 g/mol. The van der Waals surface area contributed by atoms with E-state index in [-0.39, 0.29) is 18.2 Å². The van der Waals surface area contributed by atoms with Gasteiger partial charge in [-0.3, -0.25) is 0 Å². The Hall–Kier alpha value is -1.81. The van der Waals surface area contributed by atoms with Gasteiger partial charge in [0.1, 0.15) is 18.5 Å². The van der Waals surface area contributed by atoms with Gasteiger partial charge in [0.05, 0.1) is 12.7 Å². The molecular formula is C25H40O4. The number of carbonyl (C=O) groups excluding carboxylic acids is 1. The fourth-order valence-electron chi connectivity index (χ4n) is 2.92. The van der Waals surface area contributed by atoms with Crippen LogP contribution in [0.15, 0.2) is 36.4 Å². The van der Waals surface area contributed by atoms with Gasteiger partial charge < -0.3 is 14.2 Å². The first-order valence-electron chi connectivity index (χ1n) is 11.1. The average Bonchev–Trinajstić information content (AvgIpc) is 2.70. The molecule has 2 unspecified atom stereocenters. The minimum absolute atomic E-state index is 0.0895. The number of carbonyl (C=O) groups is 1. The van der Waals surface area contributed by atoms with Gasteiger partial charge in [-0.25, -0.2) is 4.79 Å². The zero-order valence-electron chi connectivity index (χ0n) is 18.9. The van der Waals surface area contributed by atoms with Crippen LogP contribution in [0.2, 0.25) is 0 Å². The Morgan fingerprint density at radius 1 is 0.931 bits per heavy atom. The van der Waals surface area contributed by atoms with Gasteiger partial charge in [0.15, 0.2) is 0 Å². The SMILES string of the molecule is C=C(C)C(=O)OC(C)COC(C)COc1ccc(CCCCCCCCC)cc1. The van der Waals surface area contributed by atoms with E-state index in [2.05, 4.69) is 25.6 Å². The summed E-state index contributed by atoms with van der Waals surface area (Å²) in [5.74, 6) is 0.465. The highest BCUT2D eigenvalue weighted by molar-refractivity contribution is 5.87. The van der Waals surface area contributed by atoms with E-state index < -0.39 is 0 Å². The van der Waals surface area contributed by atoms with Gasteiger partial charge in [0.2, 0.25) is 0 Å². The first-order valence-corrected chi connectivity index (χ1v) is 11.1. The van der Waals surface area contributed by atoms with Crippen molar-refractivity contribution in [1.82, 2.24) is 0 Å². The Morgan fingerprint density at radius 3 is 2.17 bits per heavy atom. The summed E-state index contributed by atoms with van der Waals surface area (Å²) in [4.78, 5) is 11.5. The fraction of sp³-hybridized carbons (Fsp3) is 0.640. The first-order chi connectivity index (χ1) is 13.9. The molecule has 0 aliphatic carbocycles. The van der Waals surface area contributed by atoms with Crippen molar-refractivity contribution in [2.75, 3.05) is 13.2 Å². The topological polar surface area (TPSA) is 44.8 Å². The van der Waals surface area contributed by atoms with Gasteiger partial charge in [0.25, 0.3) is 0 Å². The van der Waals surface area contributed by atoms with Crippen LogP contribution in [0.3, 0.4) is 0 Å². The van der Waals surface area contributed by atoms with Crippen molar-refractivity contribution in [3.8, 4) is 5.75 Å². The van der Waals surface area contributed by atoms with Crippen molar-refractivity contribution in [2.24, 2.45) is 0 Å². The lowest BCUT2D eigenvalue weighted by Crippen LogP contribution is -2.26. The molecule has 1 aromatic rings. The van der Waals surface area contributed by atoms with Crippen LogP contribution in [0, 0.1) is 0 Å². The van der Waals surface area contributed by atoms with E-state index >= 15 is 0 Å². The number of esters is 1. The number of hydrogen-bond donors (Lipinski definition) is 0. The van der Waals surface area contributed by atoms with Crippen LogP contribution in [-0.4, -0.2) is 31.4 Å². The Kier molecular flexibility index (Phi) is 13.1. The molecule has 0 aliphatic heterocycles. The third-order valence-corrected chi connectivity index (χ3v) is 4.75. The fourth-order valence-corrected chi connectivity index (χ4v) is 2.92. The first kappa shape index (κ1) is 25.2. The van der Waals surface area contributed by atoms with Crippen LogP contribution in [0.4, 0.5) is 0 Å². The third kappa shape index (κ3) is 12.4. The Morgan fingerprint density at radius 2 is 1.55 bits per heavy atom. The predicted octanol–water partition coefficient (Wildman–Crippen LogP) is 6.27. The third-order valence-electron chi connectivity index (χ3n) is 4.75. The van der Waals surface area contributed by atoms with Crippen LogP contribution < -0.4 is 4.74 Å². The molecular weight excluding hydrogens is 364 g/mol. The maximum absolute atomic E-state index is 11.5. The normalized spacial score (nSPS) is 13.0. The number of benzene rings is 1. The Labute approximate surface area is 177 Å². The molecule has 164 valence electrons. The maximum Gasteiger partial charge on any atom is 0.333 e. The van der Waals surface area contributed by atoms with Gasteiger partial charge in [-0.15, -0.1) is 0 Å². The van der Waals surface area contributed by atoms with E-state index in [0.717, 1.165) is 12.2 Å². The van der Waals surface area contributed by atoms with Gasteiger partial charge in [0, 0.05) is 5.57 Å². The lowest BCUT2D eigenvalue weighted by Gasteiger charge is -2.18. The highest BCUT2D eigenvalue weighted by Gasteiger charge is 2.12. The molecule has 4 nitrogen and oxygen atoms in total. The summed E-state index contributed by atoms with van der Waals surface area (Å²) in [5.41, 5.74) is 1.76. The minimum Gasteiger partial charge on any atom is -0.491 e. The lowest BCUT2D eigenvalue weighted by atomic mass is 10.0. The lowest BCUT2D eigenvalue weighted by molar-refractivity contribution is -0.147. The number of hydrogen-bond acceptors (Lipinski definition) is 4. The highest BCUT2D eigenvalue weighted by Crippen LogP contribution is 2.16. The van der Waals surface area contributed by atoms with Crippen molar-refractivity contribution in [3.05, 3.63) is 42.0 Å². The number of ether oxygens (including phenoxy) is 3. The molecule has 0 aliphatic rings. The molecule has 0 radical (unpaired) electrons. The Bertz CT molecular complexity index is 579. The highest BCUT2D eigenvalue weighted by atomic mass is 16.6. The predicted molar refractivity (Wildman–Crippen MR) is 119 cm³/mol. The van der Waals surface area contributed by atoms with Crippen molar-refractivity contribution < 1.29 is 19.0 Å². The van der Waals surface area contributed by atoms with Crippen LogP contribution in [-0.2, 0) is 20.7 Å². The van der Waals surface area contributed by atoms with Crippen LogP contribution in [0.25, 0.3) is 0 Å². The quantitative estimate of drug-likeness (QED) is 0.185. The smallest absolute Gasteiger partial charge is 0.333 e. The summed E-state index contributed by atoms with van der Waals surface area (Å²) >= 11 is 0. The van der Waals surface area contributed by atoms with E-state index in [0.29, 0.717) is 18.8 Å². The summed E-state index contributed by atoms with van der Waals surface area (Å²) in [6.07, 6.45) is 10.1. The van der Waals surface area contributed by atoms with Crippen LogP contribution >= 0.6 is 0 Å². The molecule has 0 spiro atoms. The van der Waals surface area contributed by atoms with E-state index in [1.807, 2.05) is 19.1 Å². The van der Waals surface area contributed by atoms with Gasteiger partial charge in [-0.1, -0.05) is 64.2 Å². The van der Waals surface area contributed by atoms with Crippen LogP contribution in [0.1, 0.15) is 78.2 Å². The van der Waals surface area contributed by atoms with E-state index in [1.165, 1.54) is 50.5 Å². The largest absolute Gasteiger partial charge is 0.491 e. The summed E-state index contributed by atoms with van der Waals surface area (Å²) in [5, 5.41) is 0. The van der Waals surface area contributed by atoms with Gasteiger partial charge >= 0.3 is 5.97 Å². The van der Waals surface area contributed by atoms with Crippen molar-refractivity contribution >= 4 is 5.97 Å². The van der Waals surface area contributed by atoms with Crippen molar-refractivity contribution in [3.63, 3.8) is 0 Å². The van der Waals surface area contributed by atoms with Crippen LogP contribution in [0.5, 0.6) is 5.75 Å². The molecule has 0 N–H and O–H groups in total. The molecule has 0 fully saturated rings. The van der Waals surface area contributed by atoms with E-state index in [9.17, 15) is 4.79 Å². The summed E-state index contributed by atoms with van der Waals surface area (Å²) < 4.78 is 16.7. The average molecular weight is 405 g/mol. The summed E-state index contributed by atoms with van der Waals surface area (Å²) in [6.45, 7) is 12.0. The number of unbranched alkanes of at least 4 members (excludes halogenated alkanes) is 6. The number of rotatable bonds is 16. The Balaban J connectivity index is 2.18. The molecule has 0 heterocycles. The molecule has 4 heteroatoms. The molecule has 0 bridgehead atoms. The maximum atomic E-state index is 11.5. The van der Waals surface area contributed by atoms with Gasteiger partial charge in [-0.2, -0.15) is 0 Å². The molecule has 29 heavy (non-hydrogen) atoms. The van der Waals surface area contributed by atoms with Crippen molar-refractivity contribution in [2.45, 2.75) is 91.3 Å². The molecule has 1 rings (SSSR count). The van der Waals surface area contributed by atoms with Crippen molar-refractivity contribution in [1.29, 1.82) is 0 Å². The zero-order valence-corrected chi connectivity index (χ0v) is 18.9. The molecule has 1 aromatic carbocycles. The second-order valence-corrected chi connectivity index (χ2v) is 7.97. The summed E-state index contributed by atoms with van der Waals surface area (Å²) in [6, 6.07) is 8.36. The second kappa shape index (κ2) is 15.1. The zero-order chi connectivity index (χ0) is 21.5. The number of aryl methyl sites for hydroxylation is 1. The minimum atomic E-state index is -0.387. The molecule has 0 saturated carbocycles. The molecule has 0 saturated heterocycles. The molecule has 0 amide bonds. The van der Waals surface area contributed by atoms with Gasteiger partial charge in [-0.05, 0) is 51.3 Å². The van der Waals surface area contributed by atoms with E-state index in [4.69, 9.17) is 14.2 Å². The summed E-state index contributed by atoms with van der Waals surface area (Å²) in [7, 11) is 0. The second-order valence-electron chi connectivity index (χ2n) is 7.97.